The lowest BCUT2D eigenvalue weighted by atomic mass is 9.88. The molecule has 0 aromatic heterocycles. The van der Waals surface area contributed by atoms with Gasteiger partial charge >= 0.3 is 0 Å². The summed E-state index contributed by atoms with van der Waals surface area (Å²) < 4.78 is 11.1. The van der Waals surface area contributed by atoms with Crippen molar-refractivity contribution in [2.75, 3.05) is 40.0 Å². The molecule has 2 aliphatic rings. The van der Waals surface area contributed by atoms with Crippen LogP contribution in [0.4, 0.5) is 0 Å². The molecule has 1 saturated heterocycles. The molecule has 1 aromatic carbocycles. The first kappa shape index (κ1) is 18.2. The number of amides is 1. The van der Waals surface area contributed by atoms with Gasteiger partial charge in [0.15, 0.2) is 0 Å². The average molecular weight is 346 g/mol. The van der Waals surface area contributed by atoms with Crippen molar-refractivity contribution in [2.45, 2.75) is 38.1 Å². The molecule has 2 fully saturated rings. The molecule has 138 valence electrons. The fourth-order valence-electron chi connectivity index (χ4n) is 3.97. The quantitative estimate of drug-likeness (QED) is 0.860. The SMILES string of the molecule is COc1ccccc1C(CNC(=O)C1CCCCC1)N1CCOCC1. The largest absolute Gasteiger partial charge is 0.496 e. The fraction of sp³-hybridized carbons (Fsp3) is 0.650. The van der Waals surface area contributed by atoms with Crippen LogP contribution in [0.5, 0.6) is 5.75 Å². The number of ether oxygens (including phenoxy) is 2. The number of hydrogen-bond donors (Lipinski definition) is 1. The van der Waals surface area contributed by atoms with Gasteiger partial charge in [-0.3, -0.25) is 9.69 Å². The summed E-state index contributed by atoms with van der Waals surface area (Å²) >= 11 is 0. The number of morpholine rings is 1. The van der Waals surface area contributed by atoms with Gasteiger partial charge in [-0.05, 0) is 18.9 Å². The average Bonchev–Trinajstić information content (AvgIpc) is 2.70. The summed E-state index contributed by atoms with van der Waals surface area (Å²) in [6.07, 6.45) is 5.68. The molecule has 25 heavy (non-hydrogen) atoms. The summed E-state index contributed by atoms with van der Waals surface area (Å²) in [5, 5.41) is 3.22. The van der Waals surface area contributed by atoms with Gasteiger partial charge in [0.1, 0.15) is 5.75 Å². The van der Waals surface area contributed by atoms with Crippen molar-refractivity contribution in [3.63, 3.8) is 0 Å². The third-order valence-corrected chi connectivity index (χ3v) is 5.43. The summed E-state index contributed by atoms with van der Waals surface area (Å²) in [7, 11) is 1.70. The third kappa shape index (κ3) is 4.73. The highest BCUT2D eigenvalue weighted by Gasteiger charge is 2.27. The minimum Gasteiger partial charge on any atom is -0.496 e. The molecule has 1 aliphatic heterocycles. The molecule has 1 atom stereocenters. The molecule has 0 spiro atoms. The maximum Gasteiger partial charge on any atom is 0.223 e. The second-order valence-electron chi connectivity index (χ2n) is 6.99. The van der Waals surface area contributed by atoms with Gasteiger partial charge in [0.2, 0.25) is 5.91 Å². The highest BCUT2D eigenvalue weighted by atomic mass is 16.5. The molecule has 0 bridgehead atoms. The van der Waals surface area contributed by atoms with Crippen LogP contribution >= 0.6 is 0 Å². The Morgan fingerprint density at radius 2 is 1.96 bits per heavy atom. The molecule has 5 nitrogen and oxygen atoms in total. The number of rotatable bonds is 6. The van der Waals surface area contributed by atoms with Crippen LogP contribution < -0.4 is 10.1 Å². The van der Waals surface area contributed by atoms with E-state index in [1.807, 2.05) is 18.2 Å². The number of benzene rings is 1. The minimum absolute atomic E-state index is 0.118. The number of nitrogens with zero attached hydrogens (tertiary/aromatic N) is 1. The Kier molecular flexibility index (Phi) is 6.70. The Labute approximate surface area is 150 Å². The first-order valence-electron chi connectivity index (χ1n) is 9.52. The number of hydrogen-bond acceptors (Lipinski definition) is 4. The third-order valence-electron chi connectivity index (χ3n) is 5.43. The molecule has 1 saturated carbocycles. The van der Waals surface area contributed by atoms with Crippen LogP contribution in [0.2, 0.25) is 0 Å². The van der Waals surface area contributed by atoms with Crippen LogP contribution in [0.15, 0.2) is 24.3 Å². The second kappa shape index (κ2) is 9.20. The molecule has 0 radical (unpaired) electrons. The van der Waals surface area contributed by atoms with Gasteiger partial charge in [0.25, 0.3) is 0 Å². The van der Waals surface area contributed by atoms with E-state index < -0.39 is 0 Å². The molecule has 1 aliphatic carbocycles. The summed E-state index contributed by atoms with van der Waals surface area (Å²) in [4.78, 5) is 15.0. The molecular weight excluding hydrogens is 316 g/mol. The van der Waals surface area contributed by atoms with Gasteiger partial charge in [-0.1, -0.05) is 37.5 Å². The summed E-state index contributed by atoms with van der Waals surface area (Å²) in [6, 6.07) is 8.23. The van der Waals surface area contributed by atoms with Crippen LogP contribution in [-0.2, 0) is 9.53 Å². The Bertz CT molecular complexity index is 552. The first-order valence-corrected chi connectivity index (χ1v) is 9.52. The highest BCUT2D eigenvalue weighted by Crippen LogP contribution is 2.30. The second-order valence-corrected chi connectivity index (χ2v) is 6.99. The van der Waals surface area contributed by atoms with Gasteiger partial charge in [-0.2, -0.15) is 0 Å². The zero-order chi connectivity index (χ0) is 17.5. The van der Waals surface area contributed by atoms with Crippen LogP contribution in [0.3, 0.4) is 0 Å². The number of nitrogens with one attached hydrogen (secondary N) is 1. The zero-order valence-electron chi connectivity index (χ0n) is 15.2. The van der Waals surface area contributed by atoms with E-state index in [1.54, 1.807) is 7.11 Å². The number of methoxy groups -OCH3 is 1. The maximum atomic E-state index is 12.6. The van der Waals surface area contributed by atoms with Crippen LogP contribution in [0, 0.1) is 5.92 Å². The number of carbonyl (C=O) groups excluding carboxylic acids is 1. The molecule has 1 aromatic rings. The predicted octanol–water partition coefficient (Wildman–Crippen LogP) is 2.77. The highest BCUT2D eigenvalue weighted by molar-refractivity contribution is 5.78. The van der Waals surface area contributed by atoms with E-state index in [0.29, 0.717) is 6.54 Å². The van der Waals surface area contributed by atoms with Crippen molar-refractivity contribution in [2.24, 2.45) is 5.92 Å². The monoisotopic (exact) mass is 346 g/mol. The Morgan fingerprint density at radius 3 is 2.68 bits per heavy atom. The van der Waals surface area contributed by atoms with Crippen molar-refractivity contribution in [3.05, 3.63) is 29.8 Å². The number of carbonyl (C=O) groups is 1. The molecule has 1 amide bonds. The molecule has 1 N–H and O–H groups in total. The van der Waals surface area contributed by atoms with E-state index in [-0.39, 0.29) is 17.9 Å². The zero-order valence-corrected chi connectivity index (χ0v) is 15.2. The van der Waals surface area contributed by atoms with E-state index in [4.69, 9.17) is 9.47 Å². The molecule has 1 heterocycles. The van der Waals surface area contributed by atoms with E-state index >= 15 is 0 Å². The summed E-state index contributed by atoms with van der Waals surface area (Å²) in [6.45, 7) is 3.85. The fourth-order valence-corrected chi connectivity index (χ4v) is 3.97. The van der Waals surface area contributed by atoms with Gasteiger partial charge in [-0.25, -0.2) is 0 Å². The van der Waals surface area contributed by atoms with Crippen molar-refractivity contribution in [3.8, 4) is 5.75 Å². The minimum atomic E-state index is 0.118. The van der Waals surface area contributed by atoms with Gasteiger partial charge in [0.05, 0.1) is 26.4 Å². The van der Waals surface area contributed by atoms with E-state index in [0.717, 1.165) is 50.5 Å². The van der Waals surface area contributed by atoms with Crippen molar-refractivity contribution in [1.29, 1.82) is 0 Å². The van der Waals surface area contributed by atoms with Crippen LogP contribution in [-0.4, -0.2) is 50.8 Å². The van der Waals surface area contributed by atoms with Crippen molar-refractivity contribution in [1.82, 2.24) is 10.2 Å². The van der Waals surface area contributed by atoms with E-state index in [2.05, 4.69) is 16.3 Å². The van der Waals surface area contributed by atoms with E-state index in [9.17, 15) is 4.79 Å². The molecule has 3 rings (SSSR count). The van der Waals surface area contributed by atoms with Gasteiger partial charge in [0, 0.05) is 31.1 Å². The Morgan fingerprint density at radius 1 is 1.24 bits per heavy atom. The van der Waals surface area contributed by atoms with Crippen molar-refractivity contribution < 1.29 is 14.3 Å². The lowest BCUT2D eigenvalue weighted by molar-refractivity contribution is -0.126. The standard InChI is InChI=1S/C20H30N2O3/c1-24-19-10-6-5-9-17(19)18(22-11-13-25-14-12-22)15-21-20(23)16-7-3-2-4-8-16/h5-6,9-10,16,18H,2-4,7-8,11-15H2,1H3,(H,21,23). The first-order chi connectivity index (χ1) is 12.3. The summed E-state index contributed by atoms with van der Waals surface area (Å²) in [5.74, 6) is 1.29. The Hall–Kier alpha value is -1.59. The number of para-hydroxylation sites is 1. The van der Waals surface area contributed by atoms with Gasteiger partial charge < -0.3 is 14.8 Å². The predicted molar refractivity (Wildman–Crippen MR) is 97.7 cm³/mol. The van der Waals surface area contributed by atoms with Crippen molar-refractivity contribution >= 4 is 5.91 Å². The Balaban J connectivity index is 1.70. The molecular formula is C20H30N2O3. The van der Waals surface area contributed by atoms with Crippen LogP contribution in [0.1, 0.15) is 43.7 Å². The van der Waals surface area contributed by atoms with Crippen LogP contribution in [0.25, 0.3) is 0 Å². The van der Waals surface area contributed by atoms with Gasteiger partial charge in [-0.15, -0.1) is 0 Å². The maximum absolute atomic E-state index is 12.6. The lowest BCUT2D eigenvalue weighted by Gasteiger charge is -2.35. The van der Waals surface area contributed by atoms with E-state index in [1.165, 1.54) is 19.3 Å². The lowest BCUT2D eigenvalue weighted by Crippen LogP contribution is -2.45. The normalized spacial score (nSPS) is 20.8. The summed E-state index contributed by atoms with van der Waals surface area (Å²) in [5.41, 5.74) is 1.14. The molecule has 1 unspecified atom stereocenters. The topological polar surface area (TPSA) is 50.8 Å². The molecule has 5 heteroatoms. The smallest absolute Gasteiger partial charge is 0.223 e.